The van der Waals surface area contributed by atoms with Gasteiger partial charge in [0.25, 0.3) is 0 Å². The molecule has 3 aliphatic rings. The van der Waals surface area contributed by atoms with E-state index >= 15 is 0 Å². The van der Waals surface area contributed by atoms with Gasteiger partial charge in [0, 0.05) is 31.4 Å². The first-order valence-electron chi connectivity index (χ1n) is 14.0. The van der Waals surface area contributed by atoms with Crippen LogP contribution in [0.2, 0.25) is 0 Å². The SMILES string of the molecule is O=C(NC1CCCCC1)NC(CNC(=O)[C@@H]1CCCN(CCCc2ccc3c(n2)NCCC3)C1)C(=O)O. The summed E-state index contributed by atoms with van der Waals surface area (Å²) in [7, 11) is 0. The number of nitrogens with one attached hydrogen (secondary N) is 4. The molecular formula is C27H42N6O4. The summed E-state index contributed by atoms with van der Waals surface area (Å²) in [5.74, 6) is -0.451. The van der Waals surface area contributed by atoms with E-state index in [0.29, 0.717) is 6.54 Å². The van der Waals surface area contributed by atoms with E-state index in [1.165, 1.54) is 12.0 Å². The molecule has 4 rings (SSSR count). The summed E-state index contributed by atoms with van der Waals surface area (Å²) in [6, 6.07) is 2.75. The Kier molecular flexibility index (Phi) is 9.99. The third kappa shape index (κ3) is 8.31. The van der Waals surface area contributed by atoms with Crippen LogP contribution in [0.4, 0.5) is 10.6 Å². The molecule has 2 fully saturated rings. The first-order chi connectivity index (χ1) is 18.0. The van der Waals surface area contributed by atoms with Crippen molar-refractivity contribution < 1.29 is 19.5 Å². The van der Waals surface area contributed by atoms with Crippen molar-refractivity contribution in [2.75, 3.05) is 38.0 Å². The number of hydrogen-bond acceptors (Lipinski definition) is 6. The van der Waals surface area contributed by atoms with E-state index in [-0.39, 0.29) is 24.4 Å². The highest BCUT2D eigenvalue weighted by molar-refractivity contribution is 5.84. The summed E-state index contributed by atoms with van der Waals surface area (Å²) in [5, 5.41) is 21.1. The molecule has 0 spiro atoms. The van der Waals surface area contributed by atoms with Crippen molar-refractivity contribution in [2.45, 2.75) is 82.7 Å². The lowest BCUT2D eigenvalue weighted by Crippen LogP contribution is -2.54. The molecule has 204 valence electrons. The standard InChI is InChI=1S/C27H42N6O4/c34-25(29-17-23(26(35)36)32-27(37)31-21-9-2-1-3-10-21)20-8-5-15-33(18-20)16-6-11-22-13-12-19-7-4-14-28-24(19)30-22/h12-13,20-21,23H,1-11,14-18H2,(H,28,30)(H,29,34)(H,35,36)(H2,31,32,37)/t20-,23?/m1/s1. The Bertz CT molecular complexity index is 935. The Morgan fingerprint density at radius 1 is 1.11 bits per heavy atom. The fourth-order valence-electron chi connectivity index (χ4n) is 5.64. The predicted molar refractivity (Wildman–Crippen MR) is 142 cm³/mol. The Morgan fingerprint density at radius 2 is 1.95 bits per heavy atom. The highest BCUT2D eigenvalue weighted by Gasteiger charge is 2.28. The quantitative estimate of drug-likeness (QED) is 0.323. The smallest absolute Gasteiger partial charge is 0.328 e. The summed E-state index contributed by atoms with van der Waals surface area (Å²) >= 11 is 0. The Labute approximate surface area is 219 Å². The van der Waals surface area contributed by atoms with Crippen LogP contribution in [-0.4, -0.2) is 77.7 Å². The number of carboxylic acid groups (broad SMARTS) is 1. The number of likely N-dealkylation sites (tertiary alicyclic amines) is 1. The fraction of sp³-hybridized carbons (Fsp3) is 0.704. The molecule has 1 aromatic heterocycles. The van der Waals surface area contributed by atoms with Crippen LogP contribution in [0.25, 0.3) is 0 Å². The van der Waals surface area contributed by atoms with Crippen molar-refractivity contribution in [2.24, 2.45) is 5.92 Å². The van der Waals surface area contributed by atoms with Crippen molar-refractivity contribution in [3.63, 3.8) is 0 Å². The molecule has 0 bridgehead atoms. The number of anilines is 1. The van der Waals surface area contributed by atoms with Crippen LogP contribution in [-0.2, 0) is 22.4 Å². The molecule has 2 aliphatic heterocycles. The van der Waals surface area contributed by atoms with Crippen LogP contribution in [0, 0.1) is 5.92 Å². The second-order valence-corrected chi connectivity index (χ2v) is 10.7. The lowest BCUT2D eigenvalue weighted by molar-refractivity contribution is -0.139. The van der Waals surface area contributed by atoms with Crippen molar-refractivity contribution in [3.05, 3.63) is 23.4 Å². The first kappa shape index (κ1) is 27.2. The Hall–Kier alpha value is -2.88. The summed E-state index contributed by atoms with van der Waals surface area (Å²) in [6.07, 6.45) is 11.0. The zero-order valence-corrected chi connectivity index (χ0v) is 21.8. The van der Waals surface area contributed by atoms with Crippen LogP contribution in [0.15, 0.2) is 12.1 Å². The van der Waals surface area contributed by atoms with Crippen molar-refractivity contribution in [3.8, 4) is 0 Å². The minimum absolute atomic E-state index is 0.0886. The highest BCUT2D eigenvalue weighted by Crippen LogP contribution is 2.21. The third-order valence-electron chi connectivity index (χ3n) is 7.76. The number of aryl methyl sites for hydroxylation is 2. The van der Waals surface area contributed by atoms with Gasteiger partial charge < -0.3 is 31.3 Å². The number of amides is 3. The molecule has 1 saturated carbocycles. The monoisotopic (exact) mass is 514 g/mol. The van der Waals surface area contributed by atoms with E-state index in [1.54, 1.807) is 0 Å². The number of aliphatic carboxylic acids is 1. The summed E-state index contributed by atoms with van der Waals surface area (Å²) in [6.45, 7) is 3.39. The van der Waals surface area contributed by atoms with Gasteiger partial charge in [0.15, 0.2) is 0 Å². The van der Waals surface area contributed by atoms with E-state index in [0.717, 1.165) is 95.4 Å². The lowest BCUT2D eigenvalue weighted by Gasteiger charge is -2.32. The number of carboxylic acids is 1. The van der Waals surface area contributed by atoms with E-state index in [4.69, 9.17) is 4.98 Å². The van der Waals surface area contributed by atoms with Gasteiger partial charge in [0.05, 0.1) is 5.92 Å². The maximum atomic E-state index is 12.8. The summed E-state index contributed by atoms with van der Waals surface area (Å²) < 4.78 is 0. The van der Waals surface area contributed by atoms with E-state index in [9.17, 15) is 19.5 Å². The molecule has 1 unspecified atom stereocenters. The van der Waals surface area contributed by atoms with Gasteiger partial charge in [0.2, 0.25) is 5.91 Å². The fourth-order valence-corrected chi connectivity index (χ4v) is 5.64. The minimum atomic E-state index is -1.16. The van der Waals surface area contributed by atoms with Gasteiger partial charge in [-0.15, -0.1) is 0 Å². The Morgan fingerprint density at radius 3 is 2.76 bits per heavy atom. The number of nitrogens with zero attached hydrogens (tertiary/aromatic N) is 2. The molecular weight excluding hydrogens is 472 g/mol. The normalized spacial score (nSPS) is 21.2. The summed E-state index contributed by atoms with van der Waals surface area (Å²) in [5.41, 5.74) is 2.39. The molecule has 3 amide bonds. The number of carbonyl (C=O) groups is 3. The molecule has 3 heterocycles. The maximum absolute atomic E-state index is 12.8. The third-order valence-corrected chi connectivity index (χ3v) is 7.76. The second kappa shape index (κ2) is 13.6. The predicted octanol–water partition coefficient (Wildman–Crippen LogP) is 2.29. The number of aromatic nitrogens is 1. The second-order valence-electron chi connectivity index (χ2n) is 10.7. The molecule has 10 heteroatoms. The molecule has 1 saturated heterocycles. The van der Waals surface area contributed by atoms with Gasteiger partial charge in [-0.05, 0) is 76.1 Å². The molecule has 2 atom stereocenters. The zero-order chi connectivity index (χ0) is 26.0. The lowest BCUT2D eigenvalue weighted by atomic mass is 9.96. The van der Waals surface area contributed by atoms with Crippen molar-refractivity contribution in [1.82, 2.24) is 25.8 Å². The topological polar surface area (TPSA) is 136 Å². The summed E-state index contributed by atoms with van der Waals surface area (Å²) in [4.78, 5) is 43.9. The number of rotatable bonds is 10. The van der Waals surface area contributed by atoms with Crippen LogP contribution in [0.1, 0.15) is 69.0 Å². The van der Waals surface area contributed by atoms with Gasteiger partial charge in [-0.2, -0.15) is 0 Å². The van der Waals surface area contributed by atoms with E-state index in [1.807, 2.05) is 0 Å². The zero-order valence-electron chi connectivity index (χ0n) is 21.8. The van der Waals surface area contributed by atoms with Crippen LogP contribution >= 0.6 is 0 Å². The molecule has 1 aliphatic carbocycles. The van der Waals surface area contributed by atoms with Gasteiger partial charge in [0.1, 0.15) is 11.9 Å². The van der Waals surface area contributed by atoms with Crippen LogP contribution in [0.3, 0.4) is 0 Å². The van der Waals surface area contributed by atoms with Crippen molar-refractivity contribution >= 4 is 23.7 Å². The number of piperidine rings is 1. The molecule has 10 nitrogen and oxygen atoms in total. The first-order valence-corrected chi connectivity index (χ1v) is 14.0. The number of hydrogen-bond donors (Lipinski definition) is 5. The molecule has 5 N–H and O–H groups in total. The number of carbonyl (C=O) groups excluding carboxylic acids is 2. The molecule has 0 radical (unpaired) electrons. The average Bonchev–Trinajstić information content (AvgIpc) is 2.91. The van der Waals surface area contributed by atoms with Gasteiger partial charge in [-0.1, -0.05) is 25.3 Å². The van der Waals surface area contributed by atoms with Crippen LogP contribution < -0.4 is 21.3 Å². The van der Waals surface area contributed by atoms with Gasteiger partial charge in [-0.3, -0.25) is 4.79 Å². The number of pyridine rings is 1. The molecule has 37 heavy (non-hydrogen) atoms. The van der Waals surface area contributed by atoms with Gasteiger partial charge in [-0.25, -0.2) is 14.6 Å². The molecule has 0 aromatic carbocycles. The van der Waals surface area contributed by atoms with Crippen molar-refractivity contribution in [1.29, 1.82) is 0 Å². The van der Waals surface area contributed by atoms with Gasteiger partial charge >= 0.3 is 12.0 Å². The maximum Gasteiger partial charge on any atom is 0.328 e. The minimum Gasteiger partial charge on any atom is -0.480 e. The molecule has 1 aromatic rings. The van der Waals surface area contributed by atoms with E-state index in [2.05, 4.69) is 38.3 Å². The Balaban J connectivity index is 1.17. The van der Waals surface area contributed by atoms with E-state index < -0.39 is 18.0 Å². The number of urea groups is 1. The highest BCUT2D eigenvalue weighted by atomic mass is 16.4. The number of fused-ring (bicyclic) bond motifs is 1. The van der Waals surface area contributed by atoms with Crippen LogP contribution in [0.5, 0.6) is 0 Å². The largest absolute Gasteiger partial charge is 0.480 e. The average molecular weight is 515 g/mol.